The molecule has 2 atom stereocenters. The smallest absolute Gasteiger partial charge is 0.0406 e. The van der Waals surface area contributed by atoms with Gasteiger partial charge in [-0.3, -0.25) is 0 Å². The first kappa shape index (κ1) is 17.5. The van der Waals surface area contributed by atoms with Crippen LogP contribution in [0.3, 0.4) is 0 Å². The number of hydrogen-bond donors (Lipinski definition) is 1. The molecule has 1 rings (SSSR count). The molecule has 2 unspecified atom stereocenters. The number of nitrogens with one attached hydrogen (secondary N) is 1. The molecule has 0 aromatic heterocycles. The molecule has 0 spiro atoms. The Bertz CT molecular complexity index is 375. The first-order chi connectivity index (χ1) is 9.45. The van der Waals surface area contributed by atoms with E-state index < -0.39 is 0 Å². The van der Waals surface area contributed by atoms with Crippen LogP contribution in [0.5, 0.6) is 0 Å². The van der Waals surface area contributed by atoms with Crippen molar-refractivity contribution >= 4 is 11.6 Å². The van der Waals surface area contributed by atoms with Gasteiger partial charge in [0, 0.05) is 17.1 Å². The molecule has 114 valence electrons. The monoisotopic (exact) mass is 296 g/mol. The molecule has 0 saturated heterocycles. The molecular weight excluding hydrogens is 268 g/mol. The van der Waals surface area contributed by atoms with Crippen LogP contribution in [0.2, 0.25) is 5.02 Å². The number of rotatable bonds is 8. The SMILES string of the molecule is CCNC(CCN(C)C(C)C(C)C)c1ccc(Cl)cc1. The van der Waals surface area contributed by atoms with E-state index >= 15 is 0 Å². The molecule has 3 heteroatoms. The minimum atomic E-state index is 0.402. The van der Waals surface area contributed by atoms with Crippen LogP contribution >= 0.6 is 11.6 Å². The summed E-state index contributed by atoms with van der Waals surface area (Å²) in [4.78, 5) is 2.45. The molecule has 0 fully saturated rings. The fourth-order valence-electron chi connectivity index (χ4n) is 2.37. The highest BCUT2D eigenvalue weighted by Gasteiger charge is 2.16. The van der Waals surface area contributed by atoms with Gasteiger partial charge in [-0.1, -0.05) is 44.5 Å². The molecule has 1 N–H and O–H groups in total. The Hall–Kier alpha value is -0.570. The van der Waals surface area contributed by atoms with Crippen LogP contribution < -0.4 is 5.32 Å². The van der Waals surface area contributed by atoms with E-state index in [2.05, 4.69) is 57.1 Å². The van der Waals surface area contributed by atoms with Crippen molar-refractivity contribution in [3.8, 4) is 0 Å². The molecule has 0 heterocycles. The lowest BCUT2D eigenvalue weighted by Gasteiger charge is -2.29. The second-order valence-corrected chi connectivity index (χ2v) is 6.35. The molecule has 0 radical (unpaired) electrons. The van der Waals surface area contributed by atoms with E-state index in [4.69, 9.17) is 11.6 Å². The van der Waals surface area contributed by atoms with Gasteiger partial charge >= 0.3 is 0 Å². The molecule has 0 bridgehead atoms. The van der Waals surface area contributed by atoms with Gasteiger partial charge < -0.3 is 10.2 Å². The molecule has 20 heavy (non-hydrogen) atoms. The van der Waals surface area contributed by atoms with Crippen molar-refractivity contribution < 1.29 is 0 Å². The lowest BCUT2D eigenvalue weighted by atomic mass is 10.0. The molecule has 0 aliphatic rings. The van der Waals surface area contributed by atoms with Crippen LogP contribution in [0.1, 0.15) is 45.7 Å². The van der Waals surface area contributed by atoms with Gasteiger partial charge in [0.1, 0.15) is 0 Å². The van der Waals surface area contributed by atoms with Gasteiger partial charge in [-0.15, -0.1) is 0 Å². The molecule has 2 nitrogen and oxygen atoms in total. The lowest BCUT2D eigenvalue weighted by Crippen LogP contribution is -2.35. The van der Waals surface area contributed by atoms with Gasteiger partial charge in [0.2, 0.25) is 0 Å². The maximum absolute atomic E-state index is 5.97. The largest absolute Gasteiger partial charge is 0.310 e. The molecule has 0 aliphatic carbocycles. The van der Waals surface area contributed by atoms with Crippen molar-refractivity contribution in [2.24, 2.45) is 5.92 Å². The van der Waals surface area contributed by atoms with Crippen molar-refractivity contribution in [3.63, 3.8) is 0 Å². The Morgan fingerprint density at radius 1 is 1.15 bits per heavy atom. The summed E-state index contributed by atoms with van der Waals surface area (Å²) < 4.78 is 0. The minimum Gasteiger partial charge on any atom is -0.310 e. The second kappa shape index (κ2) is 8.66. The first-order valence-electron chi connectivity index (χ1n) is 7.64. The molecule has 1 aromatic carbocycles. The summed E-state index contributed by atoms with van der Waals surface area (Å²) in [5, 5.41) is 4.37. The van der Waals surface area contributed by atoms with Crippen LogP contribution in [0, 0.1) is 5.92 Å². The van der Waals surface area contributed by atoms with Crippen LogP contribution in [0.4, 0.5) is 0 Å². The fraction of sp³-hybridized carbons (Fsp3) is 0.647. The third-order valence-electron chi connectivity index (χ3n) is 4.15. The predicted octanol–water partition coefficient (Wildman–Crippen LogP) is 4.36. The summed E-state index contributed by atoms with van der Waals surface area (Å²) in [5.41, 5.74) is 1.32. The third kappa shape index (κ3) is 5.43. The summed E-state index contributed by atoms with van der Waals surface area (Å²) in [6, 6.07) is 9.22. The van der Waals surface area contributed by atoms with Gasteiger partial charge in [0.25, 0.3) is 0 Å². The summed E-state index contributed by atoms with van der Waals surface area (Å²) in [6.45, 7) is 11.1. The van der Waals surface area contributed by atoms with E-state index in [1.165, 1.54) is 5.56 Å². The molecule has 0 amide bonds. The van der Waals surface area contributed by atoms with Crippen LogP contribution in [-0.2, 0) is 0 Å². The molecule has 0 aliphatic heterocycles. The Kier molecular flexibility index (Phi) is 7.57. The third-order valence-corrected chi connectivity index (χ3v) is 4.41. The summed E-state index contributed by atoms with van der Waals surface area (Å²) >= 11 is 5.97. The van der Waals surface area contributed by atoms with Gasteiger partial charge in [-0.05, 0) is 57.1 Å². The number of hydrogen-bond acceptors (Lipinski definition) is 2. The highest BCUT2D eigenvalue weighted by atomic mass is 35.5. The first-order valence-corrected chi connectivity index (χ1v) is 8.02. The van der Waals surface area contributed by atoms with E-state index in [0.29, 0.717) is 18.0 Å². The van der Waals surface area contributed by atoms with E-state index in [0.717, 1.165) is 24.5 Å². The Balaban J connectivity index is 2.61. The maximum Gasteiger partial charge on any atom is 0.0406 e. The number of halogens is 1. The average Bonchev–Trinajstić information content (AvgIpc) is 2.43. The molecule has 1 aromatic rings. The van der Waals surface area contributed by atoms with Crippen molar-refractivity contribution in [2.75, 3.05) is 20.1 Å². The predicted molar refractivity (Wildman–Crippen MR) is 89.4 cm³/mol. The van der Waals surface area contributed by atoms with Gasteiger partial charge in [0.15, 0.2) is 0 Å². The van der Waals surface area contributed by atoms with Gasteiger partial charge in [0.05, 0.1) is 0 Å². The fourth-order valence-corrected chi connectivity index (χ4v) is 2.50. The van der Waals surface area contributed by atoms with Gasteiger partial charge in [-0.25, -0.2) is 0 Å². The average molecular weight is 297 g/mol. The zero-order chi connectivity index (χ0) is 15.1. The highest BCUT2D eigenvalue weighted by Crippen LogP contribution is 2.20. The van der Waals surface area contributed by atoms with E-state index in [1.54, 1.807) is 0 Å². The van der Waals surface area contributed by atoms with Crippen molar-refractivity contribution in [3.05, 3.63) is 34.9 Å². The molecular formula is C17H29ClN2. The Morgan fingerprint density at radius 3 is 2.25 bits per heavy atom. The normalized spacial score (nSPS) is 14.8. The topological polar surface area (TPSA) is 15.3 Å². The van der Waals surface area contributed by atoms with Crippen molar-refractivity contribution in [2.45, 2.75) is 46.2 Å². The Labute approximate surface area is 129 Å². The Morgan fingerprint density at radius 2 is 1.75 bits per heavy atom. The van der Waals surface area contributed by atoms with E-state index in [9.17, 15) is 0 Å². The molecule has 0 saturated carbocycles. The standard InChI is InChI=1S/C17H29ClN2/c1-6-19-17(15-7-9-16(18)10-8-15)11-12-20(5)14(4)13(2)3/h7-10,13-14,17,19H,6,11-12H2,1-5H3. The lowest BCUT2D eigenvalue weighted by molar-refractivity contribution is 0.198. The zero-order valence-corrected chi connectivity index (χ0v) is 14.2. The van der Waals surface area contributed by atoms with Crippen LogP contribution in [0.25, 0.3) is 0 Å². The highest BCUT2D eigenvalue weighted by molar-refractivity contribution is 6.30. The summed E-state index contributed by atoms with van der Waals surface area (Å²) in [6.07, 6.45) is 1.11. The van der Waals surface area contributed by atoms with Crippen molar-refractivity contribution in [1.82, 2.24) is 10.2 Å². The summed E-state index contributed by atoms with van der Waals surface area (Å²) in [7, 11) is 2.22. The summed E-state index contributed by atoms with van der Waals surface area (Å²) in [5.74, 6) is 0.688. The number of nitrogens with zero attached hydrogens (tertiary/aromatic N) is 1. The van der Waals surface area contributed by atoms with Gasteiger partial charge in [-0.2, -0.15) is 0 Å². The van der Waals surface area contributed by atoms with Crippen molar-refractivity contribution in [1.29, 1.82) is 0 Å². The van der Waals surface area contributed by atoms with Crippen LogP contribution in [-0.4, -0.2) is 31.1 Å². The van der Waals surface area contributed by atoms with E-state index in [-0.39, 0.29) is 0 Å². The number of benzene rings is 1. The second-order valence-electron chi connectivity index (χ2n) is 5.92. The zero-order valence-electron chi connectivity index (χ0n) is 13.5. The minimum absolute atomic E-state index is 0.402. The van der Waals surface area contributed by atoms with Crippen LogP contribution in [0.15, 0.2) is 24.3 Å². The maximum atomic E-state index is 5.97. The van der Waals surface area contributed by atoms with E-state index in [1.807, 2.05) is 12.1 Å². The quantitative estimate of drug-likeness (QED) is 0.767.